The molecule has 2 atom stereocenters. The van der Waals surface area contributed by atoms with Gasteiger partial charge in [0.25, 0.3) is 0 Å². The molecule has 0 aromatic carbocycles. The Morgan fingerprint density at radius 3 is 2.60 bits per heavy atom. The van der Waals surface area contributed by atoms with Crippen molar-refractivity contribution in [2.75, 3.05) is 39.3 Å². The number of nitrogens with zero attached hydrogens (tertiary/aromatic N) is 1. The third-order valence-corrected chi connectivity index (χ3v) is 4.05. The fourth-order valence-electron chi connectivity index (χ4n) is 2.96. The molecule has 0 spiro atoms. The van der Waals surface area contributed by atoms with E-state index in [1.165, 1.54) is 39.0 Å². The second-order valence-corrected chi connectivity index (χ2v) is 5.33. The van der Waals surface area contributed by atoms with Gasteiger partial charge in [-0.05, 0) is 43.7 Å². The molecule has 0 saturated carbocycles. The van der Waals surface area contributed by atoms with Crippen LogP contribution in [0.2, 0.25) is 0 Å². The minimum atomic E-state index is 0.365. The maximum atomic E-state index is 9.22. The SMILES string of the molecule is C[C@@H]1CN(CC2CCNCC2)C[C@H]1CO. The van der Waals surface area contributed by atoms with Crippen molar-refractivity contribution in [3.05, 3.63) is 0 Å². The molecule has 2 aliphatic heterocycles. The minimum Gasteiger partial charge on any atom is -0.396 e. The van der Waals surface area contributed by atoms with Crippen LogP contribution in [0, 0.1) is 17.8 Å². The number of aliphatic hydroxyl groups is 1. The first-order valence-electron chi connectivity index (χ1n) is 6.33. The molecule has 2 rings (SSSR count). The second kappa shape index (κ2) is 5.28. The van der Waals surface area contributed by atoms with Crippen LogP contribution in [0.1, 0.15) is 19.8 Å². The topological polar surface area (TPSA) is 35.5 Å². The molecular formula is C12H24N2O. The van der Waals surface area contributed by atoms with Gasteiger partial charge in [-0.15, -0.1) is 0 Å². The molecule has 0 radical (unpaired) electrons. The van der Waals surface area contributed by atoms with Crippen LogP contribution in [-0.4, -0.2) is 49.3 Å². The van der Waals surface area contributed by atoms with Crippen LogP contribution in [0.4, 0.5) is 0 Å². The van der Waals surface area contributed by atoms with Crippen molar-refractivity contribution < 1.29 is 5.11 Å². The molecule has 2 heterocycles. The fraction of sp³-hybridized carbons (Fsp3) is 1.00. The summed E-state index contributed by atoms with van der Waals surface area (Å²) in [5.41, 5.74) is 0. The van der Waals surface area contributed by atoms with E-state index in [2.05, 4.69) is 17.1 Å². The molecule has 0 aromatic heterocycles. The lowest BCUT2D eigenvalue weighted by atomic mass is 9.98. The normalized spacial score (nSPS) is 34.8. The first-order valence-corrected chi connectivity index (χ1v) is 6.33. The molecule has 2 fully saturated rings. The lowest BCUT2D eigenvalue weighted by molar-refractivity contribution is 0.196. The molecule has 88 valence electrons. The van der Waals surface area contributed by atoms with Crippen molar-refractivity contribution >= 4 is 0 Å². The monoisotopic (exact) mass is 212 g/mol. The van der Waals surface area contributed by atoms with Crippen LogP contribution in [0.15, 0.2) is 0 Å². The maximum absolute atomic E-state index is 9.22. The summed E-state index contributed by atoms with van der Waals surface area (Å²) in [4.78, 5) is 2.56. The summed E-state index contributed by atoms with van der Waals surface area (Å²) in [5.74, 6) is 2.08. The predicted octanol–water partition coefficient (Wildman–Crippen LogP) is 0.546. The molecule has 0 aliphatic carbocycles. The number of aliphatic hydroxyl groups excluding tert-OH is 1. The average molecular weight is 212 g/mol. The van der Waals surface area contributed by atoms with Crippen LogP contribution in [-0.2, 0) is 0 Å². The fourth-order valence-corrected chi connectivity index (χ4v) is 2.96. The van der Waals surface area contributed by atoms with Crippen molar-refractivity contribution in [1.82, 2.24) is 10.2 Å². The van der Waals surface area contributed by atoms with Crippen molar-refractivity contribution in [3.63, 3.8) is 0 Å². The Bertz CT molecular complexity index is 192. The number of nitrogens with one attached hydrogen (secondary N) is 1. The van der Waals surface area contributed by atoms with Gasteiger partial charge in [0.05, 0.1) is 0 Å². The Labute approximate surface area is 92.8 Å². The summed E-state index contributed by atoms with van der Waals surface area (Å²) >= 11 is 0. The van der Waals surface area contributed by atoms with Gasteiger partial charge in [-0.2, -0.15) is 0 Å². The van der Waals surface area contributed by atoms with E-state index in [-0.39, 0.29) is 0 Å². The lowest BCUT2D eigenvalue weighted by Crippen LogP contribution is -2.35. The molecule has 0 bridgehead atoms. The standard InChI is InChI=1S/C12H24N2O/c1-10-6-14(8-12(10)9-15)7-11-2-4-13-5-3-11/h10-13,15H,2-9H2,1H3/t10-,12+/m1/s1. The largest absolute Gasteiger partial charge is 0.396 e. The zero-order valence-corrected chi connectivity index (χ0v) is 9.78. The third-order valence-electron chi connectivity index (χ3n) is 4.05. The van der Waals surface area contributed by atoms with Crippen molar-refractivity contribution in [3.8, 4) is 0 Å². The number of hydrogen-bond acceptors (Lipinski definition) is 3. The van der Waals surface area contributed by atoms with Gasteiger partial charge in [0.15, 0.2) is 0 Å². The van der Waals surface area contributed by atoms with Crippen LogP contribution in [0.3, 0.4) is 0 Å². The van der Waals surface area contributed by atoms with E-state index in [0.717, 1.165) is 12.5 Å². The molecular weight excluding hydrogens is 188 g/mol. The summed E-state index contributed by atoms with van der Waals surface area (Å²) in [6.07, 6.45) is 2.66. The highest BCUT2D eigenvalue weighted by molar-refractivity contribution is 4.83. The molecule has 0 aromatic rings. The zero-order chi connectivity index (χ0) is 10.7. The summed E-state index contributed by atoms with van der Waals surface area (Å²) in [5, 5.41) is 12.6. The van der Waals surface area contributed by atoms with E-state index in [9.17, 15) is 5.11 Å². The Kier molecular flexibility index (Phi) is 4.00. The predicted molar refractivity (Wildman–Crippen MR) is 61.8 cm³/mol. The number of likely N-dealkylation sites (tertiary alicyclic amines) is 1. The Balaban J connectivity index is 1.75. The first-order chi connectivity index (χ1) is 7.29. The van der Waals surface area contributed by atoms with E-state index in [4.69, 9.17) is 0 Å². The molecule has 2 saturated heterocycles. The van der Waals surface area contributed by atoms with Crippen LogP contribution >= 0.6 is 0 Å². The van der Waals surface area contributed by atoms with E-state index in [1.54, 1.807) is 0 Å². The lowest BCUT2D eigenvalue weighted by Gasteiger charge is -2.27. The highest BCUT2D eigenvalue weighted by Crippen LogP contribution is 2.24. The van der Waals surface area contributed by atoms with Gasteiger partial charge in [0.1, 0.15) is 0 Å². The second-order valence-electron chi connectivity index (χ2n) is 5.33. The quantitative estimate of drug-likeness (QED) is 0.717. The van der Waals surface area contributed by atoms with E-state index < -0.39 is 0 Å². The van der Waals surface area contributed by atoms with Crippen LogP contribution < -0.4 is 5.32 Å². The Hall–Kier alpha value is -0.120. The zero-order valence-electron chi connectivity index (χ0n) is 9.78. The van der Waals surface area contributed by atoms with Gasteiger partial charge in [-0.3, -0.25) is 0 Å². The average Bonchev–Trinajstić information content (AvgIpc) is 2.60. The molecule has 15 heavy (non-hydrogen) atoms. The van der Waals surface area contributed by atoms with Crippen LogP contribution in [0.5, 0.6) is 0 Å². The van der Waals surface area contributed by atoms with Gasteiger partial charge >= 0.3 is 0 Å². The highest BCUT2D eigenvalue weighted by atomic mass is 16.3. The Morgan fingerprint density at radius 1 is 1.27 bits per heavy atom. The van der Waals surface area contributed by atoms with Gasteiger partial charge in [0, 0.05) is 26.2 Å². The molecule has 3 nitrogen and oxygen atoms in total. The smallest absolute Gasteiger partial charge is 0.0474 e. The summed E-state index contributed by atoms with van der Waals surface area (Å²) in [7, 11) is 0. The maximum Gasteiger partial charge on any atom is 0.0474 e. The number of hydrogen-bond donors (Lipinski definition) is 2. The van der Waals surface area contributed by atoms with E-state index in [0.29, 0.717) is 18.4 Å². The minimum absolute atomic E-state index is 0.365. The molecule has 2 N–H and O–H groups in total. The van der Waals surface area contributed by atoms with Gasteiger partial charge in [0.2, 0.25) is 0 Å². The van der Waals surface area contributed by atoms with Gasteiger partial charge < -0.3 is 15.3 Å². The number of piperidine rings is 1. The van der Waals surface area contributed by atoms with Gasteiger partial charge in [-0.25, -0.2) is 0 Å². The molecule has 3 heteroatoms. The highest BCUT2D eigenvalue weighted by Gasteiger charge is 2.30. The third kappa shape index (κ3) is 2.92. The Morgan fingerprint density at radius 2 is 2.00 bits per heavy atom. The first kappa shape index (κ1) is 11.4. The molecule has 0 amide bonds. The summed E-state index contributed by atoms with van der Waals surface area (Å²) < 4.78 is 0. The van der Waals surface area contributed by atoms with Gasteiger partial charge in [-0.1, -0.05) is 6.92 Å². The van der Waals surface area contributed by atoms with Crippen molar-refractivity contribution in [1.29, 1.82) is 0 Å². The van der Waals surface area contributed by atoms with Crippen LogP contribution in [0.25, 0.3) is 0 Å². The number of rotatable bonds is 3. The molecule has 0 unspecified atom stereocenters. The van der Waals surface area contributed by atoms with E-state index >= 15 is 0 Å². The summed E-state index contributed by atoms with van der Waals surface area (Å²) in [6.45, 7) is 8.57. The van der Waals surface area contributed by atoms with Crippen molar-refractivity contribution in [2.45, 2.75) is 19.8 Å². The molecule has 2 aliphatic rings. The van der Waals surface area contributed by atoms with E-state index in [1.807, 2.05) is 0 Å². The summed E-state index contributed by atoms with van der Waals surface area (Å²) in [6, 6.07) is 0. The van der Waals surface area contributed by atoms with Crippen molar-refractivity contribution in [2.24, 2.45) is 17.8 Å².